The third-order valence-corrected chi connectivity index (χ3v) is 8.05. The lowest BCUT2D eigenvalue weighted by molar-refractivity contribution is -0.383. The Balaban J connectivity index is 0.000000250. The van der Waals surface area contributed by atoms with Crippen LogP contribution in [-0.4, -0.2) is 231 Å². The van der Waals surface area contributed by atoms with Crippen molar-refractivity contribution >= 4 is 0 Å². The second kappa shape index (κ2) is 16.7. The number of aliphatic hydroxyl groups excluding tert-OH is 16. The fourth-order valence-corrected chi connectivity index (χ4v) is 5.20. The third kappa shape index (κ3) is 7.95. The molecule has 4 aliphatic heterocycles. The summed E-state index contributed by atoms with van der Waals surface area (Å²) in [7, 11) is 0. The predicted octanol–water partition coefficient (Wildman–Crippen LogP) is -10.8. The van der Waals surface area contributed by atoms with Crippen molar-refractivity contribution < 1.29 is 110 Å². The first-order valence-corrected chi connectivity index (χ1v) is 14.1. The van der Waals surface area contributed by atoms with E-state index in [1.807, 2.05) is 0 Å². The van der Waals surface area contributed by atoms with Gasteiger partial charge >= 0.3 is 0 Å². The van der Waals surface area contributed by atoms with E-state index in [-0.39, 0.29) is 0 Å². The summed E-state index contributed by atoms with van der Waals surface area (Å²) in [6, 6.07) is 0. The molecule has 0 spiro atoms. The average Bonchev–Trinajstić information content (AvgIpc) is 3.30. The Morgan fingerprint density at radius 1 is 0.457 bits per heavy atom. The summed E-state index contributed by atoms with van der Waals surface area (Å²) in [6.45, 7) is -3.67. The summed E-state index contributed by atoms with van der Waals surface area (Å²) in [5.41, 5.74) is 0. The second-order valence-corrected chi connectivity index (χ2v) is 11.1. The molecule has 4 saturated heterocycles. The largest absolute Gasteiger partial charge is 0.394 e. The summed E-state index contributed by atoms with van der Waals surface area (Å²) in [4.78, 5) is 0. The highest BCUT2D eigenvalue weighted by atomic mass is 16.8. The number of aliphatic hydroxyl groups is 16. The molecule has 0 aromatic carbocycles. The van der Waals surface area contributed by atoms with E-state index in [2.05, 4.69) is 0 Å². The van der Waals surface area contributed by atoms with Gasteiger partial charge in [-0.2, -0.15) is 0 Å². The molecule has 0 saturated carbocycles. The molecule has 19 atom stereocenters. The Kier molecular flexibility index (Phi) is 14.3. The Labute approximate surface area is 260 Å². The Hall–Kier alpha value is -0.880. The van der Waals surface area contributed by atoms with Gasteiger partial charge in [0.1, 0.15) is 98.2 Å². The van der Waals surface area contributed by atoms with Crippen molar-refractivity contribution in [1.29, 1.82) is 0 Å². The van der Waals surface area contributed by atoms with Crippen LogP contribution in [0.25, 0.3) is 0 Å². The van der Waals surface area contributed by atoms with Crippen LogP contribution in [0, 0.1) is 0 Å². The van der Waals surface area contributed by atoms with Crippen LogP contribution in [-0.2, 0) is 28.4 Å². The minimum absolute atomic E-state index is 0.667. The summed E-state index contributed by atoms with van der Waals surface area (Å²) < 4.78 is 30.7. The van der Waals surface area contributed by atoms with E-state index >= 15 is 0 Å². The summed E-state index contributed by atoms with van der Waals surface area (Å²) >= 11 is 0. The van der Waals surface area contributed by atoms with E-state index in [0.29, 0.717) is 0 Å². The smallest absolute Gasteiger partial charge is 0.224 e. The number of rotatable bonds is 9. The fourth-order valence-electron chi connectivity index (χ4n) is 5.20. The molecule has 22 nitrogen and oxygen atoms in total. The Morgan fingerprint density at radius 2 is 0.935 bits per heavy atom. The molecule has 46 heavy (non-hydrogen) atoms. The van der Waals surface area contributed by atoms with Gasteiger partial charge in [0, 0.05) is 0 Å². The first-order valence-electron chi connectivity index (χ1n) is 14.1. The zero-order valence-corrected chi connectivity index (χ0v) is 24.0. The third-order valence-electron chi connectivity index (χ3n) is 8.05. The van der Waals surface area contributed by atoms with Crippen LogP contribution in [0.15, 0.2) is 0 Å². The fraction of sp³-hybridized carbons (Fsp3) is 1.00. The molecule has 0 unspecified atom stereocenters. The van der Waals surface area contributed by atoms with E-state index in [9.17, 15) is 66.4 Å². The first-order chi connectivity index (χ1) is 21.6. The first kappa shape index (κ1) is 39.6. The molecule has 0 amide bonds. The van der Waals surface area contributed by atoms with Gasteiger partial charge in [-0.05, 0) is 0 Å². The predicted molar refractivity (Wildman–Crippen MR) is 137 cm³/mol. The van der Waals surface area contributed by atoms with Gasteiger partial charge in [-0.15, -0.1) is 0 Å². The van der Waals surface area contributed by atoms with E-state index in [1.165, 1.54) is 0 Å². The highest BCUT2D eigenvalue weighted by Gasteiger charge is 2.58. The zero-order chi connectivity index (χ0) is 34.7. The maximum atomic E-state index is 10.00. The van der Waals surface area contributed by atoms with Crippen LogP contribution in [0.5, 0.6) is 0 Å². The van der Waals surface area contributed by atoms with Gasteiger partial charge in [0.15, 0.2) is 18.9 Å². The van der Waals surface area contributed by atoms with E-state index in [4.69, 9.17) is 43.7 Å². The van der Waals surface area contributed by atoms with Crippen LogP contribution in [0.4, 0.5) is 0 Å². The van der Waals surface area contributed by atoms with Crippen molar-refractivity contribution in [3.8, 4) is 0 Å². The van der Waals surface area contributed by atoms with Crippen molar-refractivity contribution in [3.05, 3.63) is 0 Å². The van der Waals surface area contributed by atoms with Crippen molar-refractivity contribution in [2.75, 3.05) is 33.0 Å². The van der Waals surface area contributed by atoms with Crippen LogP contribution in [0.1, 0.15) is 0 Å². The van der Waals surface area contributed by atoms with Crippen LogP contribution in [0.2, 0.25) is 0 Å². The van der Waals surface area contributed by atoms with Crippen molar-refractivity contribution in [3.63, 3.8) is 0 Å². The van der Waals surface area contributed by atoms with Gasteiger partial charge in [-0.1, -0.05) is 0 Å². The molecule has 4 rings (SSSR count). The van der Waals surface area contributed by atoms with Gasteiger partial charge in [0.25, 0.3) is 0 Å². The lowest BCUT2D eigenvalue weighted by Crippen LogP contribution is -2.64. The van der Waals surface area contributed by atoms with Gasteiger partial charge in [0.2, 0.25) is 5.79 Å². The minimum Gasteiger partial charge on any atom is -0.394 e. The highest BCUT2D eigenvalue weighted by molar-refractivity contribution is 4.98. The lowest BCUT2D eigenvalue weighted by Gasteiger charge is -2.45. The topological polar surface area (TPSA) is 379 Å². The average molecular weight is 685 g/mol. The van der Waals surface area contributed by atoms with Gasteiger partial charge in [0.05, 0.1) is 26.4 Å². The molecule has 0 aromatic heterocycles. The lowest BCUT2D eigenvalue weighted by atomic mass is 9.97. The molecule has 272 valence electrons. The second-order valence-electron chi connectivity index (χ2n) is 11.1. The summed E-state index contributed by atoms with van der Waals surface area (Å²) in [6.07, 6.45) is -28.2. The zero-order valence-electron chi connectivity index (χ0n) is 24.0. The minimum atomic E-state index is -2.22. The summed E-state index contributed by atoms with van der Waals surface area (Å²) in [5, 5.41) is 153. The molecular weight excluding hydrogens is 640 g/mol. The van der Waals surface area contributed by atoms with Crippen LogP contribution >= 0.6 is 0 Å². The van der Waals surface area contributed by atoms with E-state index in [1.54, 1.807) is 0 Å². The molecule has 0 aliphatic carbocycles. The molecule has 0 radical (unpaired) electrons. The summed E-state index contributed by atoms with van der Waals surface area (Å²) in [5.74, 6) is -2.22. The van der Waals surface area contributed by atoms with Crippen molar-refractivity contribution in [2.45, 2.75) is 116 Å². The molecule has 0 bridgehead atoms. The Morgan fingerprint density at radius 3 is 1.39 bits per heavy atom. The maximum Gasteiger partial charge on any atom is 0.224 e. The van der Waals surface area contributed by atoms with Crippen molar-refractivity contribution in [1.82, 2.24) is 0 Å². The monoisotopic (exact) mass is 684 g/mol. The number of hydrogen-bond acceptors (Lipinski definition) is 22. The van der Waals surface area contributed by atoms with Crippen LogP contribution in [0.3, 0.4) is 0 Å². The van der Waals surface area contributed by atoms with E-state index in [0.717, 1.165) is 0 Å². The molecule has 16 N–H and O–H groups in total. The normalized spacial score (nSPS) is 51.4. The number of ether oxygens (including phenoxy) is 6. The molecular formula is C24H44O22. The van der Waals surface area contributed by atoms with E-state index < -0.39 is 149 Å². The van der Waals surface area contributed by atoms with Gasteiger partial charge in [-0.25, -0.2) is 0 Å². The Bertz CT molecular complexity index is 913. The standard InChI is InChI=1S/2C12H22O11/c13-1-4-6(16)8(18)9(19)11(21-4)23-12(3-15)10(20)7(17)5(2-14)22-12;13-1-3-5(15)6(16)9(19)12(22-3)23-10-4(2-14)21-11(20)8(18)7(10)17/h4-11,13-20H,1-3H2;3-20H,1-2H2/t4-,5-,6-,7-,8+,9-,10+,11-,12+;3-,4-,5-,6+,7-,8-,9-,10-,11-,12+/m11/s1. The maximum absolute atomic E-state index is 10.00. The molecule has 4 aliphatic rings. The van der Waals surface area contributed by atoms with Crippen molar-refractivity contribution in [2.24, 2.45) is 0 Å². The quantitative estimate of drug-likeness (QED) is 0.107. The van der Waals surface area contributed by atoms with Gasteiger partial charge < -0.3 is 110 Å². The van der Waals surface area contributed by atoms with Gasteiger partial charge in [-0.3, -0.25) is 0 Å². The molecule has 22 heteroatoms. The molecule has 4 fully saturated rings. The van der Waals surface area contributed by atoms with Crippen LogP contribution < -0.4 is 0 Å². The SMILES string of the molecule is OC[C@H]1O[C@@H](O[C@H]2[C@H](O)[C@@H](O)[C@H](O)O[C@@H]2CO)[C@H](O)[C@@H](O)[C@@H]1O.OC[C@H]1O[C@@](CO)(O[C@H]2O[C@H](CO)[C@@H](O)[C@H](O)[C@H]2O)[C@@H](O)[C@@H]1O. The highest BCUT2D eigenvalue weighted by Crippen LogP contribution is 2.36. The molecule has 4 heterocycles. The number of hydrogen-bond donors (Lipinski definition) is 16. The molecule has 0 aromatic rings.